The summed E-state index contributed by atoms with van der Waals surface area (Å²) in [6.45, 7) is 14.0. The molecule has 0 aliphatic rings. The first kappa shape index (κ1) is 18.4. The Morgan fingerprint density at radius 2 is 1.68 bits per heavy atom. The van der Waals surface area contributed by atoms with Crippen LogP contribution in [0, 0.1) is 5.41 Å². The quantitative estimate of drug-likeness (QED) is 0.691. The van der Waals surface area contributed by atoms with Crippen LogP contribution in [-0.4, -0.2) is 30.3 Å². The second-order valence-corrected chi connectivity index (χ2v) is 6.44. The van der Waals surface area contributed by atoms with Gasteiger partial charge in [0.25, 0.3) is 0 Å². The van der Waals surface area contributed by atoms with Gasteiger partial charge < -0.3 is 15.2 Å². The summed E-state index contributed by atoms with van der Waals surface area (Å²) < 4.78 is 11.2. The molecule has 114 valence electrons. The lowest BCUT2D eigenvalue weighted by Crippen LogP contribution is -2.44. The van der Waals surface area contributed by atoms with Gasteiger partial charge >= 0.3 is 5.97 Å². The van der Waals surface area contributed by atoms with E-state index >= 15 is 0 Å². The Labute approximate surface area is 118 Å². The van der Waals surface area contributed by atoms with Crippen molar-refractivity contribution in [3.05, 3.63) is 0 Å². The first-order chi connectivity index (χ1) is 8.55. The number of ether oxygens (including phenoxy) is 2. The van der Waals surface area contributed by atoms with Gasteiger partial charge in [-0.15, -0.1) is 0 Å². The summed E-state index contributed by atoms with van der Waals surface area (Å²) in [5.74, 6) is -0.201. The average molecular weight is 273 g/mol. The number of esters is 1. The van der Waals surface area contributed by atoms with Crippen molar-refractivity contribution < 1.29 is 14.3 Å². The fourth-order valence-corrected chi connectivity index (χ4v) is 1.32. The molecular formula is C15H31NO3. The fourth-order valence-electron chi connectivity index (χ4n) is 1.32. The zero-order valence-corrected chi connectivity index (χ0v) is 13.6. The predicted octanol–water partition coefficient (Wildman–Crippen LogP) is 2.89. The minimum atomic E-state index is -0.452. The van der Waals surface area contributed by atoms with Crippen molar-refractivity contribution in [3.63, 3.8) is 0 Å². The number of hydrogen-bond donors (Lipinski definition) is 1. The van der Waals surface area contributed by atoms with Gasteiger partial charge in [-0.2, -0.15) is 0 Å². The summed E-state index contributed by atoms with van der Waals surface area (Å²) in [5, 5.41) is 0. The van der Waals surface area contributed by atoms with Crippen LogP contribution in [0.4, 0.5) is 0 Å². The Balaban J connectivity index is 4.25. The molecule has 2 N–H and O–H groups in total. The van der Waals surface area contributed by atoms with E-state index in [4.69, 9.17) is 15.2 Å². The summed E-state index contributed by atoms with van der Waals surface area (Å²) in [6, 6.07) is -0.303. The van der Waals surface area contributed by atoms with Gasteiger partial charge in [-0.05, 0) is 47.5 Å². The molecule has 0 aliphatic heterocycles. The SMILES string of the molecule is CCC(C)(C)OC(C)C(N)COC(=O)C(C)(C)CC. The van der Waals surface area contributed by atoms with Gasteiger partial charge in [0.1, 0.15) is 6.61 Å². The standard InChI is InChI=1S/C15H31NO3/c1-8-14(4,5)13(17)18-10-12(16)11(3)19-15(6,7)9-2/h11-12H,8-10,16H2,1-7H3. The van der Waals surface area contributed by atoms with Crippen LogP contribution in [0.5, 0.6) is 0 Å². The Morgan fingerprint density at radius 3 is 2.11 bits per heavy atom. The third-order valence-electron chi connectivity index (χ3n) is 3.80. The molecule has 0 fully saturated rings. The van der Waals surface area contributed by atoms with Crippen LogP contribution in [0.3, 0.4) is 0 Å². The Hall–Kier alpha value is -0.610. The molecule has 2 unspecified atom stereocenters. The molecule has 0 amide bonds. The van der Waals surface area contributed by atoms with Crippen molar-refractivity contribution in [3.8, 4) is 0 Å². The minimum Gasteiger partial charge on any atom is -0.464 e. The molecule has 0 aromatic rings. The lowest BCUT2D eigenvalue weighted by molar-refractivity contribution is -0.156. The van der Waals surface area contributed by atoms with Crippen molar-refractivity contribution in [1.82, 2.24) is 0 Å². The van der Waals surface area contributed by atoms with Crippen LogP contribution in [-0.2, 0) is 14.3 Å². The van der Waals surface area contributed by atoms with E-state index in [1.54, 1.807) is 0 Å². The molecule has 0 aromatic heterocycles. The van der Waals surface area contributed by atoms with Gasteiger partial charge in [0.05, 0.1) is 23.2 Å². The highest BCUT2D eigenvalue weighted by Crippen LogP contribution is 2.22. The molecule has 0 spiro atoms. The monoisotopic (exact) mass is 273 g/mol. The highest BCUT2D eigenvalue weighted by molar-refractivity contribution is 5.75. The normalized spacial score (nSPS) is 16.0. The first-order valence-corrected chi connectivity index (χ1v) is 7.16. The van der Waals surface area contributed by atoms with Crippen molar-refractivity contribution >= 4 is 5.97 Å². The predicted molar refractivity (Wildman–Crippen MR) is 77.9 cm³/mol. The molecule has 0 rings (SSSR count). The molecule has 19 heavy (non-hydrogen) atoms. The Kier molecular flexibility index (Phi) is 7.01. The molecule has 4 heteroatoms. The van der Waals surface area contributed by atoms with E-state index in [1.165, 1.54) is 0 Å². The highest BCUT2D eigenvalue weighted by Gasteiger charge is 2.29. The van der Waals surface area contributed by atoms with E-state index in [9.17, 15) is 4.79 Å². The van der Waals surface area contributed by atoms with E-state index in [2.05, 4.69) is 6.92 Å². The van der Waals surface area contributed by atoms with E-state index in [1.807, 2.05) is 41.5 Å². The van der Waals surface area contributed by atoms with Gasteiger partial charge in [-0.25, -0.2) is 0 Å². The zero-order chi connectivity index (χ0) is 15.3. The second-order valence-electron chi connectivity index (χ2n) is 6.44. The van der Waals surface area contributed by atoms with Crippen LogP contribution in [0.2, 0.25) is 0 Å². The third kappa shape index (κ3) is 6.39. The van der Waals surface area contributed by atoms with Crippen molar-refractivity contribution in [2.45, 2.75) is 79.1 Å². The molecule has 0 aliphatic carbocycles. The van der Waals surface area contributed by atoms with Gasteiger partial charge in [0.2, 0.25) is 0 Å². The average Bonchev–Trinajstić information content (AvgIpc) is 2.34. The molecule has 4 nitrogen and oxygen atoms in total. The molecule has 0 saturated carbocycles. The van der Waals surface area contributed by atoms with E-state index in [-0.39, 0.29) is 30.3 Å². The zero-order valence-electron chi connectivity index (χ0n) is 13.6. The molecule has 2 atom stereocenters. The van der Waals surface area contributed by atoms with Gasteiger partial charge in [0, 0.05) is 0 Å². The van der Waals surface area contributed by atoms with Crippen LogP contribution in [0.15, 0.2) is 0 Å². The van der Waals surface area contributed by atoms with Crippen molar-refractivity contribution in [2.24, 2.45) is 11.1 Å². The summed E-state index contributed by atoms with van der Waals surface area (Å²) in [4.78, 5) is 11.8. The topological polar surface area (TPSA) is 61.6 Å². The van der Waals surface area contributed by atoms with Gasteiger partial charge in [-0.1, -0.05) is 13.8 Å². The van der Waals surface area contributed by atoms with E-state index in [0.29, 0.717) is 0 Å². The summed E-state index contributed by atoms with van der Waals surface area (Å²) in [7, 11) is 0. The lowest BCUT2D eigenvalue weighted by Gasteiger charge is -2.31. The fraction of sp³-hybridized carbons (Fsp3) is 0.933. The Morgan fingerprint density at radius 1 is 1.16 bits per heavy atom. The molecule has 0 heterocycles. The minimum absolute atomic E-state index is 0.146. The Bertz CT molecular complexity index is 287. The number of carbonyl (C=O) groups excluding carboxylic acids is 1. The van der Waals surface area contributed by atoms with Gasteiger partial charge in [0.15, 0.2) is 0 Å². The van der Waals surface area contributed by atoms with E-state index in [0.717, 1.165) is 12.8 Å². The molecule has 0 bridgehead atoms. The maximum Gasteiger partial charge on any atom is 0.311 e. The van der Waals surface area contributed by atoms with Crippen molar-refractivity contribution in [2.75, 3.05) is 6.61 Å². The summed E-state index contributed by atoms with van der Waals surface area (Å²) in [5.41, 5.74) is 5.35. The highest BCUT2D eigenvalue weighted by atomic mass is 16.5. The first-order valence-electron chi connectivity index (χ1n) is 7.16. The van der Waals surface area contributed by atoms with Crippen LogP contribution in [0.1, 0.15) is 61.3 Å². The molecule has 0 radical (unpaired) electrons. The summed E-state index contributed by atoms with van der Waals surface area (Å²) in [6.07, 6.45) is 1.51. The molecule has 0 saturated heterocycles. The number of carbonyl (C=O) groups is 1. The third-order valence-corrected chi connectivity index (χ3v) is 3.80. The molecule has 0 aromatic carbocycles. The van der Waals surface area contributed by atoms with Crippen LogP contribution >= 0.6 is 0 Å². The smallest absolute Gasteiger partial charge is 0.311 e. The number of nitrogens with two attached hydrogens (primary N) is 1. The van der Waals surface area contributed by atoms with Gasteiger partial charge in [-0.3, -0.25) is 4.79 Å². The second kappa shape index (κ2) is 7.25. The number of hydrogen-bond acceptors (Lipinski definition) is 4. The molecular weight excluding hydrogens is 242 g/mol. The van der Waals surface area contributed by atoms with Crippen LogP contribution < -0.4 is 5.73 Å². The van der Waals surface area contributed by atoms with E-state index < -0.39 is 5.41 Å². The maximum absolute atomic E-state index is 11.8. The lowest BCUT2D eigenvalue weighted by atomic mass is 9.91. The van der Waals surface area contributed by atoms with Crippen molar-refractivity contribution in [1.29, 1.82) is 0 Å². The number of rotatable bonds is 8. The maximum atomic E-state index is 11.8. The summed E-state index contributed by atoms with van der Waals surface area (Å²) >= 11 is 0. The van der Waals surface area contributed by atoms with Crippen LogP contribution in [0.25, 0.3) is 0 Å². The largest absolute Gasteiger partial charge is 0.464 e.